The molecule has 2 nitrogen and oxygen atoms in total. The van der Waals surface area contributed by atoms with Gasteiger partial charge in [-0.3, -0.25) is 0 Å². The first-order chi connectivity index (χ1) is 9.15. The Morgan fingerprint density at radius 3 is 2.40 bits per heavy atom. The fourth-order valence-electron chi connectivity index (χ4n) is 1.98. The lowest BCUT2D eigenvalue weighted by Gasteiger charge is -2.06. The summed E-state index contributed by atoms with van der Waals surface area (Å²) in [4.78, 5) is 0. The summed E-state index contributed by atoms with van der Waals surface area (Å²) in [7, 11) is 0. The van der Waals surface area contributed by atoms with Crippen molar-refractivity contribution in [3.63, 3.8) is 0 Å². The molecule has 0 aliphatic rings. The second-order valence-electron chi connectivity index (χ2n) is 5.19. The highest BCUT2D eigenvalue weighted by molar-refractivity contribution is 5.27. The third-order valence-corrected chi connectivity index (χ3v) is 3.19. The smallest absolute Gasteiger partial charge is 0.182 e. The van der Waals surface area contributed by atoms with Crippen molar-refractivity contribution in [3.05, 3.63) is 59.9 Å². The SMILES string of the molecule is Cc1cccc(OCC[n+]2ccc(C(C)C)cc2)c1.[I-]. The quantitative estimate of drug-likeness (QED) is 0.541. The van der Waals surface area contributed by atoms with Crippen molar-refractivity contribution in [2.45, 2.75) is 33.2 Å². The van der Waals surface area contributed by atoms with Gasteiger partial charge in [0.05, 0.1) is 0 Å². The lowest BCUT2D eigenvalue weighted by Crippen LogP contribution is -3.00. The molecule has 0 spiro atoms. The Morgan fingerprint density at radius 1 is 1.10 bits per heavy atom. The summed E-state index contributed by atoms with van der Waals surface area (Å²) < 4.78 is 7.90. The topological polar surface area (TPSA) is 13.1 Å². The summed E-state index contributed by atoms with van der Waals surface area (Å²) in [5, 5.41) is 0. The number of pyridine rings is 1. The van der Waals surface area contributed by atoms with Gasteiger partial charge >= 0.3 is 0 Å². The van der Waals surface area contributed by atoms with Crippen molar-refractivity contribution in [2.24, 2.45) is 0 Å². The largest absolute Gasteiger partial charge is 1.00 e. The molecular formula is C17H22INO. The summed E-state index contributed by atoms with van der Waals surface area (Å²) in [6.07, 6.45) is 4.24. The van der Waals surface area contributed by atoms with Crippen molar-refractivity contribution < 1.29 is 33.3 Å². The first-order valence-electron chi connectivity index (χ1n) is 6.83. The highest BCUT2D eigenvalue weighted by Gasteiger charge is 2.04. The number of ether oxygens (including phenoxy) is 1. The number of aryl methyl sites for hydroxylation is 1. The maximum Gasteiger partial charge on any atom is 0.182 e. The molecule has 0 saturated heterocycles. The molecule has 0 bridgehead atoms. The third kappa shape index (κ3) is 5.12. The van der Waals surface area contributed by atoms with E-state index in [4.69, 9.17) is 4.74 Å². The fourth-order valence-corrected chi connectivity index (χ4v) is 1.98. The molecule has 3 heteroatoms. The second kappa shape index (κ2) is 8.25. The zero-order valence-electron chi connectivity index (χ0n) is 12.3. The molecule has 1 aromatic carbocycles. The molecule has 108 valence electrons. The maximum atomic E-state index is 5.75. The van der Waals surface area contributed by atoms with E-state index < -0.39 is 0 Å². The highest BCUT2D eigenvalue weighted by atomic mass is 127. The Balaban J connectivity index is 0.00000200. The molecule has 0 unspecified atom stereocenters. The van der Waals surface area contributed by atoms with Gasteiger partial charge in [-0.05, 0) is 36.1 Å². The number of hydrogen-bond acceptors (Lipinski definition) is 1. The predicted octanol–water partition coefficient (Wildman–Crippen LogP) is 0.489. The van der Waals surface area contributed by atoms with Gasteiger partial charge in [-0.15, -0.1) is 0 Å². The zero-order chi connectivity index (χ0) is 13.7. The van der Waals surface area contributed by atoms with Crippen LogP contribution in [-0.4, -0.2) is 6.61 Å². The van der Waals surface area contributed by atoms with Gasteiger partial charge in [0.1, 0.15) is 12.4 Å². The van der Waals surface area contributed by atoms with E-state index in [1.807, 2.05) is 12.1 Å². The van der Waals surface area contributed by atoms with Gasteiger partial charge in [-0.25, -0.2) is 4.57 Å². The minimum absolute atomic E-state index is 0. The van der Waals surface area contributed by atoms with Crippen molar-refractivity contribution in [3.8, 4) is 5.75 Å². The van der Waals surface area contributed by atoms with Crippen LogP contribution in [0.2, 0.25) is 0 Å². The van der Waals surface area contributed by atoms with E-state index in [9.17, 15) is 0 Å². The van der Waals surface area contributed by atoms with E-state index in [2.05, 4.69) is 62.0 Å². The van der Waals surface area contributed by atoms with Crippen LogP contribution < -0.4 is 33.3 Å². The monoisotopic (exact) mass is 383 g/mol. The number of aromatic nitrogens is 1. The van der Waals surface area contributed by atoms with Crippen LogP contribution in [0.15, 0.2) is 48.8 Å². The number of benzene rings is 1. The number of halogens is 1. The zero-order valence-corrected chi connectivity index (χ0v) is 14.5. The van der Waals surface area contributed by atoms with E-state index >= 15 is 0 Å². The Labute approximate surface area is 138 Å². The van der Waals surface area contributed by atoms with Crippen LogP contribution in [0, 0.1) is 6.92 Å². The molecule has 1 heterocycles. The van der Waals surface area contributed by atoms with Crippen LogP contribution in [-0.2, 0) is 6.54 Å². The normalized spacial score (nSPS) is 10.2. The standard InChI is InChI=1S/C17H22NO.HI/c1-14(2)16-7-9-18(10-8-16)11-12-19-17-6-4-5-15(3)13-17;/h4-10,13-14H,11-12H2,1-3H3;1H/q+1;/p-1. The number of rotatable bonds is 5. The van der Waals surface area contributed by atoms with Crippen LogP contribution in [0.4, 0.5) is 0 Å². The first kappa shape index (κ1) is 17.0. The van der Waals surface area contributed by atoms with Crippen LogP contribution in [0.5, 0.6) is 5.75 Å². The maximum absolute atomic E-state index is 5.75. The molecule has 1 aromatic heterocycles. The van der Waals surface area contributed by atoms with Crippen molar-refractivity contribution in [1.29, 1.82) is 0 Å². The van der Waals surface area contributed by atoms with Crippen molar-refractivity contribution in [2.75, 3.05) is 6.61 Å². The van der Waals surface area contributed by atoms with Crippen LogP contribution in [0.25, 0.3) is 0 Å². The molecule has 0 atom stereocenters. The lowest BCUT2D eigenvalue weighted by atomic mass is 10.1. The Morgan fingerprint density at radius 2 is 1.80 bits per heavy atom. The van der Waals surface area contributed by atoms with Crippen molar-refractivity contribution >= 4 is 0 Å². The third-order valence-electron chi connectivity index (χ3n) is 3.19. The fraction of sp³-hybridized carbons (Fsp3) is 0.353. The molecule has 2 aromatic rings. The molecule has 20 heavy (non-hydrogen) atoms. The number of hydrogen-bond donors (Lipinski definition) is 0. The molecule has 0 aliphatic carbocycles. The van der Waals surface area contributed by atoms with Gasteiger partial charge in [0, 0.05) is 12.1 Å². The van der Waals surface area contributed by atoms with E-state index in [0.29, 0.717) is 12.5 Å². The summed E-state index contributed by atoms with van der Waals surface area (Å²) >= 11 is 0. The summed E-state index contributed by atoms with van der Waals surface area (Å²) in [6, 6.07) is 12.5. The van der Waals surface area contributed by atoms with E-state index in [1.54, 1.807) is 0 Å². The van der Waals surface area contributed by atoms with Gasteiger partial charge in [-0.2, -0.15) is 0 Å². The van der Waals surface area contributed by atoms with Crippen LogP contribution in [0.1, 0.15) is 30.9 Å². The number of nitrogens with zero attached hydrogens (tertiary/aromatic N) is 1. The molecular weight excluding hydrogens is 361 g/mol. The van der Waals surface area contributed by atoms with E-state index in [-0.39, 0.29) is 24.0 Å². The van der Waals surface area contributed by atoms with E-state index in [0.717, 1.165) is 12.3 Å². The lowest BCUT2D eigenvalue weighted by molar-refractivity contribution is -0.697. The average molecular weight is 383 g/mol. The molecule has 2 rings (SSSR count). The Bertz CT molecular complexity index is 523. The van der Waals surface area contributed by atoms with Gasteiger partial charge in [0.15, 0.2) is 18.9 Å². The molecule has 0 fully saturated rings. The van der Waals surface area contributed by atoms with E-state index in [1.165, 1.54) is 11.1 Å². The summed E-state index contributed by atoms with van der Waals surface area (Å²) in [6.45, 7) is 8.05. The molecule has 0 aliphatic heterocycles. The minimum Gasteiger partial charge on any atom is -1.00 e. The molecule has 0 radical (unpaired) electrons. The van der Waals surface area contributed by atoms with Gasteiger partial charge in [0.25, 0.3) is 0 Å². The predicted molar refractivity (Wildman–Crippen MR) is 77.4 cm³/mol. The van der Waals surface area contributed by atoms with Gasteiger partial charge in [-0.1, -0.05) is 26.0 Å². The molecule has 0 amide bonds. The van der Waals surface area contributed by atoms with Crippen molar-refractivity contribution in [1.82, 2.24) is 0 Å². The Kier molecular flexibility index (Phi) is 6.99. The average Bonchev–Trinajstić information content (AvgIpc) is 2.39. The van der Waals surface area contributed by atoms with Gasteiger partial charge in [0.2, 0.25) is 0 Å². The minimum atomic E-state index is 0. The van der Waals surface area contributed by atoms with Crippen LogP contribution in [0.3, 0.4) is 0 Å². The second-order valence-corrected chi connectivity index (χ2v) is 5.19. The summed E-state index contributed by atoms with van der Waals surface area (Å²) in [5.74, 6) is 1.53. The molecule has 0 saturated carbocycles. The Hall–Kier alpha value is -1.10. The molecule has 0 N–H and O–H groups in total. The highest BCUT2D eigenvalue weighted by Crippen LogP contribution is 2.12. The first-order valence-corrected chi connectivity index (χ1v) is 6.83. The summed E-state index contributed by atoms with van der Waals surface area (Å²) in [5.41, 5.74) is 2.60. The van der Waals surface area contributed by atoms with Gasteiger partial charge < -0.3 is 28.7 Å². The van der Waals surface area contributed by atoms with Crippen LogP contribution >= 0.6 is 0 Å².